The molecule has 8 heteroatoms. The van der Waals surface area contributed by atoms with Crippen LogP contribution in [-0.2, 0) is 14.8 Å². The van der Waals surface area contributed by atoms with Crippen molar-refractivity contribution in [2.75, 3.05) is 32.1 Å². The van der Waals surface area contributed by atoms with Gasteiger partial charge in [0.25, 0.3) is 0 Å². The number of halogens is 1. The number of nitrogen functional groups attached to an aromatic ring is 1. The molecule has 6 nitrogen and oxygen atoms in total. The number of benzene rings is 1. The summed E-state index contributed by atoms with van der Waals surface area (Å²) in [6.45, 7) is 0.0469. The van der Waals surface area contributed by atoms with Gasteiger partial charge in [0.1, 0.15) is 10.7 Å². The van der Waals surface area contributed by atoms with E-state index in [9.17, 15) is 12.8 Å². The Bertz CT molecular complexity index is 493. The summed E-state index contributed by atoms with van der Waals surface area (Å²) >= 11 is 0. The van der Waals surface area contributed by atoms with Crippen LogP contribution in [0.3, 0.4) is 0 Å². The Morgan fingerprint density at radius 2 is 2.11 bits per heavy atom. The quantitative estimate of drug-likeness (QED) is 0.469. The largest absolute Gasteiger partial charge is 0.399 e. The van der Waals surface area contributed by atoms with E-state index < -0.39 is 20.7 Å². The van der Waals surface area contributed by atoms with E-state index in [1.807, 2.05) is 0 Å². The average molecular weight is 278 g/mol. The molecule has 0 radical (unpaired) electrons. The van der Waals surface area contributed by atoms with Crippen LogP contribution in [-0.4, -0.2) is 39.9 Å². The van der Waals surface area contributed by atoms with E-state index in [0.717, 1.165) is 12.1 Å². The molecule has 0 unspecified atom stereocenters. The Morgan fingerprint density at radius 1 is 1.39 bits per heavy atom. The fraction of sp³-hybridized carbons (Fsp3) is 0.400. The first-order valence-corrected chi connectivity index (χ1v) is 6.69. The predicted molar refractivity (Wildman–Crippen MR) is 63.9 cm³/mol. The summed E-state index contributed by atoms with van der Waals surface area (Å²) in [5, 5.41) is 8.44. The molecule has 102 valence electrons. The molecule has 0 aliphatic heterocycles. The molecule has 1 aromatic carbocycles. The minimum absolute atomic E-state index is 0.0173. The Morgan fingerprint density at radius 3 is 2.78 bits per heavy atom. The van der Waals surface area contributed by atoms with Gasteiger partial charge in [0.15, 0.2) is 0 Å². The SMILES string of the molecule is Nc1ccc(F)c(S(=O)(=O)NCCOCCO)c1. The van der Waals surface area contributed by atoms with Gasteiger partial charge in [0.05, 0.1) is 19.8 Å². The maximum absolute atomic E-state index is 13.4. The number of hydrogen-bond donors (Lipinski definition) is 3. The number of nitrogens with one attached hydrogen (secondary N) is 1. The molecule has 0 aliphatic carbocycles. The summed E-state index contributed by atoms with van der Waals surface area (Å²) in [5.41, 5.74) is 5.57. The molecular weight excluding hydrogens is 263 g/mol. The minimum atomic E-state index is -3.95. The van der Waals surface area contributed by atoms with E-state index in [1.165, 1.54) is 6.07 Å². The van der Waals surface area contributed by atoms with Crippen LogP contribution in [0.4, 0.5) is 10.1 Å². The number of hydrogen-bond acceptors (Lipinski definition) is 5. The van der Waals surface area contributed by atoms with Crippen molar-refractivity contribution in [1.29, 1.82) is 0 Å². The highest BCUT2D eigenvalue weighted by molar-refractivity contribution is 7.89. The van der Waals surface area contributed by atoms with Crippen LogP contribution in [0.15, 0.2) is 23.1 Å². The van der Waals surface area contributed by atoms with Crippen molar-refractivity contribution < 1.29 is 22.7 Å². The highest BCUT2D eigenvalue weighted by Crippen LogP contribution is 2.17. The van der Waals surface area contributed by atoms with E-state index in [-0.39, 0.29) is 32.1 Å². The normalized spacial score (nSPS) is 11.7. The van der Waals surface area contributed by atoms with Crippen molar-refractivity contribution >= 4 is 15.7 Å². The highest BCUT2D eigenvalue weighted by Gasteiger charge is 2.18. The zero-order chi connectivity index (χ0) is 13.6. The van der Waals surface area contributed by atoms with Crippen LogP contribution in [0.2, 0.25) is 0 Å². The molecule has 0 saturated heterocycles. The Hall–Kier alpha value is -1.22. The van der Waals surface area contributed by atoms with Gasteiger partial charge in [0.2, 0.25) is 10.0 Å². The molecular formula is C10H15FN2O4S. The lowest BCUT2D eigenvalue weighted by Gasteiger charge is -2.08. The molecule has 18 heavy (non-hydrogen) atoms. The van der Waals surface area contributed by atoms with Crippen molar-refractivity contribution in [2.24, 2.45) is 0 Å². The third-order valence-corrected chi connectivity index (χ3v) is 3.49. The van der Waals surface area contributed by atoms with Gasteiger partial charge in [-0.3, -0.25) is 0 Å². The van der Waals surface area contributed by atoms with Gasteiger partial charge in [-0.2, -0.15) is 0 Å². The molecule has 0 aliphatic rings. The lowest BCUT2D eigenvalue weighted by molar-refractivity contribution is 0.0961. The fourth-order valence-electron chi connectivity index (χ4n) is 1.22. The standard InChI is InChI=1S/C10H15FN2O4S/c11-9-2-1-8(12)7-10(9)18(15,16)13-3-5-17-6-4-14/h1-2,7,13-14H,3-6,12H2. The molecule has 0 saturated carbocycles. The molecule has 0 spiro atoms. The summed E-state index contributed by atoms with van der Waals surface area (Å²) in [6, 6.07) is 3.32. The first-order chi connectivity index (χ1) is 8.47. The molecule has 0 heterocycles. The number of aliphatic hydroxyl groups is 1. The van der Waals surface area contributed by atoms with Crippen molar-refractivity contribution in [3.8, 4) is 0 Å². The van der Waals surface area contributed by atoms with Gasteiger partial charge in [-0.25, -0.2) is 17.5 Å². The maximum Gasteiger partial charge on any atom is 0.243 e. The van der Waals surface area contributed by atoms with Gasteiger partial charge in [0, 0.05) is 12.2 Å². The van der Waals surface area contributed by atoms with Crippen LogP contribution in [0, 0.1) is 5.82 Å². The van der Waals surface area contributed by atoms with E-state index in [4.69, 9.17) is 15.6 Å². The summed E-state index contributed by atoms with van der Waals surface area (Å²) in [5.74, 6) is -0.868. The summed E-state index contributed by atoms with van der Waals surface area (Å²) < 4.78 is 43.9. The lowest BCUT2D eigenvalue weighted by atomic mass is 10.3. The first-order valence-electron chi connectivity index (χ1n) is 5.20. The topological polar surface area (TPSA) is 102 Å². The number of sulfonamides is 1. The molecule has 0 fully saturated rings. The number of nitrogens with two attached hydrogens (primary N) is 1. The molecule has 0 atom stereocenters. The van der Waals surface area contributed by atoms with Crippen LogP contribution >= 0.6 is 0 Å². The summed E-state index contributed by atoms with van der Waals surface area (Å²) in [6.07, 6.45) is 0. The second-order valence-electron chi connectivity index (χ2n) is 3.42. The lowest BCUT2D eigenvalue weighted by Crippen LogP contribution is -2.28. The molecule has 4 N–H and O–H groups in total. The number of rotatable bonds is 7. The van der Waals surface area contributed by atoms with Crippen molar-refractivity contribution in [3.05, 3.63) is 24.0 Å². The van der Waals surface area contributed by atoms with Crippen molar-refractivity contribution in [3.63, 3.8) is 0 Å². The zero-order valence-corrected chi connectivity index (χ0v) is 10.4. The average Bonchev–Trinajstić information content (AvgIpc) is 2.32. The van der Waals surface area contributed by atoms with E-state index in [0.29, 0.717) is 0 Å². The third kappa shape index (κ3) is 4.22. The summed E-state index contributed by atoms with van der Waals surface area (Å²) in [4.78, 5) is -0.496. The molecule has 0 bridgehead atoms. The summed E-state index contributed by atoms with van der Waals surface area (Å²) in [7, 11) is -3.95. The van der Waals surface area contributed by atoms with Gasteiger partial charge < -0.3 is 15.6 Å². The molecule has 0 amide bonds. The minimum Gasteiger partial charge on any atom is -0.399 e. The molecule has 1 rings (SSSR count). The predicted octanol–water partition coefficient (Wildman–Crippen LogP) is -0.305. The van der Waals surface area contributed by atoms with Gasteiger partial charge in [-0.15, -0.1) is 0 Å². The number of anilines is 1. The van der Waals surface area contributed by atoms with Gasteiger partial charge in [-0.05, 0) is 18.2 Å². The second-order valence-corrected chi connectivity index (χ2v) is 5.16. The monoisotopic (exact) mass is 278 g/mol. The van der Waals surface area contributed by atoms with Gasteiger partial charge >= 0.3 is 0 Å². The Balaban J connectivity index is 2.66. The number of ether oxygens (including phenoxy) is 1. The van der Waals surface area contributed by atoms with Crippen LogP contribution in [0.25, 0.3) is 0 Å². The van der Waals surface area contributed by atoms with Crippen molar-refractivity contribution in [2.45, 2.75) is 4.90 Å². The van der Waals surface area contributed by atoms with Crippen LogP contribution in [0.5, 0.6) is 0 Å². The molecule has 1 aromatic rings. The highest BCUT2D eigenvalue weighted by atomic mass is 32.2. The molecule has 0 aromatic heterocycles. The van der Waals surface area contributed by atoms with Gasteiger partial charge in [-0.1, -0.05) is 0 Å². The Labute approximate surface area is 105 Å². The third-order valence-electron chi connectivity index (χ3n) is 2.02. The number of aliphatic hydroxyl groups excluding tert-OH is 1. The zero-order valence-electron chi connectivity index (χ0n) is 9.60. The first kappa shape index (κ1) is 14.8. The fourth-order valence-corrected chi connectivity index (χ4v) is 2.34. The maximum atomic E-state index is 13.4. The van der Waals surface area contributed by atoms with Crippen LogP contribution < -0.4 is 10.5 Å². The van der Waals surface area contributed by atoms with E-state index in [1.54, 1.807) is 0 Å². The second kappa shape index (κ2) is 6.64. The van der Waals surface area contributed by atoms with E-state index in [2.05, 4.69) is 4.72 Å². The van der Waals surface area contributed by atoms with E-state index >= 15 is 0 Å². The smallest absolute Gasteiger partial charge is 0.243 e. The van der Waals surface area contributed by atoms with Crippen LogP contribution in [0.1, 0.15) is 0 Å². The van der Waals surface area contributed by atoms with Crippen molar-refractivity contribution in [1.82, 2.24) is 4.72 Å². The Kier molecular flexibility index (Phi) is 5.48.